The van der Waals surface area contributed by atoms with E-state index in [1.165, 1.54) is 12.1 Å². The first-order valence-corrected chi connectivity index (χ1v) is 6.02. The van der Waals surface area contributed by atoms with Crippen LogP contribution in [0.1, 0.15) is 30.1 Å². The number of hydrogen-bond donors (Lipinski definition) is 3. The van der Waals surface area contributed by atoms with E-state index >= 15 is 0 Å². The number of nitrogens with one attached hydrogen (secondary N) is 2. The van der Waals surface area contributed by atoms with Crippen molar-refractivity contribution in [2.24, 2.45) is 0 Å². The van der Waals surface area contributed by atoms with Crippen LogP contribution >= 0.6 is 0 Å². The first-order chi connectivity index (χ1) is 8.50. The van der Waals surface area contributed by atoms with Crippen LogP contribution < -0.4 is 10.6 Å². The monoisotopic (exact) mass is 252 g/mol. The number of carbonyl (C=O) groups is 1. The van der Waals surface area contributed by atoms with Gasteiger partial charge in [0.1, 0.15) is 11.6 Å². The molecule has 0 radical (unpaired) electrons. The van der Waals surface area contributed by atoms with Crippen molar-refractivity contribution in [2.75, 3.05) is 13.1 Å². The lowest BCUT2D eigenvalue weighted by Gasteiger charge is -2.35. The summed E-state index contributed by atoms with van der Waals surface area (Å²) in [6, 6.07) is 3.41. The molecule has 18 heavy (non-hydrogen) atoms. The summed E-state index contributed by atoms with van der Waals surface area (Å²) in [5.41, 5.74) is -0.167. The van der Waals surface area contributed by atoms with Gasteiger partial charge in [-0.3, -0.25) is 4.79 Å². The number of rotatable bonds is 2. The fourth-order valence-corrected chi connectivity index (χ4v) is 2.14. The van der Waals surface area contributed by atoms with E-state index in [0.29, 0.717) is 0 Å². The van der Waals surface area contributed by atoms with Crippen LogP contribution in [0.5, 0.6) is 5.75 Å². The Morgan fingerprint density at radius 2 is 2.11 bits per heavy atom. The summed E-state index contributed by atoms with van der Waals surface area (Å²) in [5, 5.41) is 15.7. The molecule has 0 atom stereocenters. The van der Waals surface area contributed by atoms with Gasteiger partial charge in [0.25, 0.3) is 5.91 Å². The fraction of sp³-hybridized carbons (Fsp3) is 0.462. The van der Waals surface area contributed by atoms with Gasteiger partial charge in [0.15, 0.2) is 0 Å². The molecule has 0 aromatic heterocycles. The number of carbonyl (C=O) groups excluding carboxylic acids is 1. The van der Waals surface area contributed by atoms with Crippen molar-refractivity contribution >= 4 is 5.91 Å². The van der Waals surface area contributed by atoms with Gasteiger partial charge in [-0.05, 0) is 45.0 Å². The molecule has 1 amide bonds. The first kappa shape index (κ1) is 12.8. The predicted molar refractivity (Wildman–Crippen MR) is 66.0 cm³/mol. The Morgan fingerprint density at radius 3 is 2.72 bits per heavy atom. The van der Waals surface area contributed by atoms with Gasteiger partial charge < -0.3 is 15.7 Å². The number of phenolic OH excluding ortho intramolecular Hbond substituents is 1. The summed E-state index contributed by atoms with van der Waals surface area (Å²) in [6.07, 6.45) is 1.67. The normalized spacial score (nSPS) is 18.3. The molecule has 3 N–H and O–H groups in total. The zero-order chi connectivity index (χ0) is 13.2. The van der Waals surface area contributed by atoms with Crippen LogP contribution in [0.2, 0.25) is 0 Å². The Kier molecular flexibility index (Phi) is 3.52. The quantitative estimate of drug-likeness (QED) is 0.745. The number of phenols is 1. The highest BCUT2D eigenvalue weighted by Crippen LogP contribution is 2.22. The lowest BCUT2D eigenvalue weighted by Crippen LogP contribution is -2.52. The highest BCUT2D eigenvalue weighted by molar-refractivity contribution is 5.97. The zero-order valence-corrected chi connectivity index (χ0v) is 10.3. The Labute approximate surface area is 105 Å². The Balaban J connectivity index is 2.11. The molecule has 1 aliphatic heterocycles. The van der Waals surface area contributed by atoms with Gasteiger partial charge in [-0.15, -0.1) is 0 Å². The lowest BCUT2D eigenvalue weighted by atomic mass is 9.90. The van der Waals surface area contributed by atoms with E-state index in [1.807, 2.05) is 6.92 Å². The zero-order valence-electron chi connectivity index (χ0n) is 10.3. The third-order valence-corrected chi connectivity index (χ3v) is 3.33. The second kappa shape index (κ2) is 4.94. The van der Waals surface area contributed by atoms with Crippen LogP contribution in [-0.2, 0) is 0 Å². The van der Waals surface area contributed by atoms with Crippen molar-refractivity contribution in [1.82, 2.24) is 10.6 Å². The molecule has 0 aliphatic carbocycles. The molecule has 1 aromatic rings. The molecule has 98 valence electrons. The van der Waals surface area contributed by atoms with Crippen molar-refractivity contribution in [3.63, 3.8) is 0 Å². The van der Waals surface area contributed by atoms with Crippen molar-refractivity contribution in [3.8, 4) is 5.75 Å². The van der Waals surface area contributed by atoms with Crippen molar-refractivity contribution in [2.45, 2.75) is 25.3 Å². The van der Waals surface area contributed by atoms with Crippen LogP contribution in [0.3, 0.4) is 0 Å². The second-order valence-electron chi connectivity index (χ2n) is 4.93. The van der Waals surface area contributed by atoms with Gasteiger partial charge in [0, 0.05) is 11.6 Å². The van der Waals surface area contributed by atoms with Crippen LogP contribution in [0.15, 0.2) is 18.2 Å². The molecule has 1 aromatic carbocycles. The van der Waals surface area contributed by atoms with E-state index < -0.39 is 5.82 Å². The second-order valence-corrected chi connectivity index (χ2v) is 4.93. The van der Waals surface area contributed by atoms with Crippen LogP contribution in [0, 0.1) is 5.82 Å². The van der Waals surface area contributed by atoms with Crippen LogP contribution in [0.25, 0.3) is 0 Å². The third-order valence-electron chi connectivity index (χ3n) is 3.33. The summed E-state index contributed by atoms with van der Waals surface area (Å²) in [6.45, 7) is 3.69. The third kappa shape index (κ3) is 2.79. The molecule has 1 fully saturated rings. The van der Waals surface area contributed by atoms with Crippen molar-refractivity contribution in [1.29, 1.82) is 0 Å². The topological polar surface area (TPSA) is 61.4 Å². The molecule has 0 bridgehead atoms. The number of hydrogen-bond acceptors (Lipinski definition) is 3. The molecule has 4 nitrogen and oxygen atoms in total. The molecule has 5 heteroatoms. The molecule has 1 saturated heterocycles. The van der Waals surface area contributed by atoms with Gasteiger partial charge in [0.05, 0.1) is 5.56 Å². The largest absolute Gasteiger partial charge is 0.507 e. The van der Waals surface area contributed by atoms with Gasteiger partial charge in [-0.25, -0.2) is 4.39 Å². The van der Waals surface area contributed by atoms with E-state index in [-0.39, 0.29) is 22.8 Å². The van der Waals surface area contributed by atoms with E-state index in [4.69, 9.17) is 0 Å². The molecule has 1 heterocycles. The van der Waals surface area contributed by atoms with E-state index in [1.54, 1.807) is 0 Å². The van der Waals surface area contributed by atoms with E-state index in [9.17, 15) is 14.3 Å². The Hall–Kier alpha value is -1.62. The highest BCUT2D eigenvalue weighted by Gasteiger charge is 2.29. The van der Waals surface area contributed by atoms with Gasteiger partial charge >= 0.3 is 0 Å². The number of halogens is 1. The summed E-state index contributed by atoms with van der Waals surface area (Å²) in [4.78, 5) is 12.0. The molecule has 1 aliphatic rings. The first-order valence-electron chi connectivity index (χ1n) is 6.02. The molecular weight excluding hydrogens is 235 g/mol. The SMILES string of the molecule is CC1(NC(=O)c2ccc(F)cc2O)CCNCC1. The Bertz CT molecular complexity index is 456. The minimum atomic E-state index is -0.558. The van der Waals surface area contributed by atoms with E-state index in [2.05, 4.69) is 10.6 Å². The standard InChI is InChI=1S/C13H17FN2O2/c1-13(4-6-15-7-5-13)16-12(18)10-3-2-9(14)8-11(10)17/h2-3,8,15,17H,4-7H2,1H3,(H,16,18). The average molecular weight is 252 g/mol. The number of aromatic hydroxyl groups is 1. The summed E-state index contributed by atoms with van der Waals surface area (Å²) in [5.74, 6) is -1.25. The van der Waals surface area contributed by atoms with Crippen LogP contribution in [-0.4, -0.2) is 29.6 Å². The maximum Gasteiger partial charge on any atom is 0.255 e. The van der Waals surface area contributed by atoms with Gasteiger partial charge in [0.2, 0.25) is 0 Å². The van der Waals surface area contributed by atoms with Gasteiger partial charge in [-0.2, -0.15) is 0 Å². The summed E-state index contributed by atoms with van der Waals surface area (Å²) < 4.78 is 12.8. The minimum Gasteiger partial charge on any atom is -0.507 e. The predicted octanol–water partition coefficient (Wildman–Crippen LogP) is 1.40. The summed E-state index contributed by atoms with van der Waals surface area (Å²) >= 11 is 0. The molecule has 0 unspecified atom stereocenters. The van der Waals surface area contributed by atoms with E-state index in [0.717, 1.165) is 32.0 Å². The smallest absolute Gasteiger partial charge is 0.255 e. The van der Waals surface area contributed by atoms with Gasteiger partial charge in [-0.1, -0.05) is 0 Å². The molecule has 2 rings (SSSR count). The minimum absolute atomic E-state index is 0.108. The molecule has 0 spiro atoms. The fourth-order valence-electron chi connectivity index (χ4n) is 2.14. The maximum absolute atomic E-state index is 12.8. The highest BCUT2D eigenvalue weighted by atomic mass is 19.1. The van der Waals surface area contributed by atoms with Crippen molar-refractivity contribution < 1.29 is 14.3 Å². The average Bonchev–Trinajstić information content (AvgIpc) is 2.28. The number of benzene rings is 1. The lowest BCUT2D eigenvalue weighted by molar-refractivity contribution is 0.0885. The number of amides is 1. The summed E-state index contributed by atoms with van der Waals surface area (Å²) in [7, 11) is 0. The van der Waals surface area contributed by atoms with Crippen molar-refractivity contribution in [3.05, 3.63) is 29.6 Å². The maximum atomic E-state index is 12.8. The van der Waals surface area contributed by atoms with Crippen LogP contribution in [0.4, 0.5) is 4.39 Å². The molecule has 0 saturated carbocycles. The number of piperidine rings is 1. The Morgan fingerprint density at radius 1 is 1.44 bits per heavy atom. The molecular formula is C13H17FN2O2.